The van der Waals surface area contributed by atoms with Gasteiger partial charge in [0.05, 0.1) is 18.5 Å². The number of ether oxygens (including phenoxy) is 2. The number of aliphatic carboxylic acids is 1. The van der Waals surface area contributed by atoms with Gasteiger partial charge in [0, 0.05) is 6.42 Å². The van der Waals surface area contributed by atoms with E-state index in [4.69, 9.17) is 26.8 Å². The highest BCUT2D eigenvalue weighted by molar-refractivity contribution is 6.28. The van der Waals surface area contributed by atoms with Gasteiger partial charge in [0.2, 0.25) is 10.9 Å². The molecule has 232 valence electrons. The van der Waals surface area contributed by atoms with E-state index < -0.39 is 48.7 Å². The fourth-order valence-corrected chi connectivity index (χ4v) is 5.47. The van der Waals surface area contributed by atoms with E-state index in [1.165, 1.54) is 17.0 Å². The Morgan fingerprint density at radius 1 is 1.09 bits per heavy atom. The summed E-state index contributed by atoms with van der Waals surface area (Å²) in [4.78, 5) is 40.7. The number of halogens is 1. The van der Waals surface area contributed by atoms with Gasteiger partial charge in [-0.05, 0) is 34.4 Å². The van der Waals surface area contributed by atoms with Gasteiger partial charge in [-0.1, -0.05) is 42.5 Å². The number of aromatic nitrogens is 4. The molecule has 45 heavy (non-hydrogen) atoms. The molecule has 16 nitrogen and oxygen atoms in total. The molecule has 6 rings (SSSR count). The second-order valence-electron chi connectivity index (χ2n) is 10.3. The third-order valence-corrected chi connectivity index (χ3v) is 7.73. The molecule has 0 radical (unpaired) electrons. The molecule has 1 saturated heterocycles. The van der Waals surface area contributed by atoms with Crippen LogP contribution in [0.3, 0.4) is 0 Å². The molecular formula is C28H25ClN8O8. The van der Waals surface area contributed by atoms with Crippen LogP contribution in [0.25, 0.3) is 22.3 Å². The van der Waals surface area contributed by atoms with Gasteiger partial charge in [-0.15, -0.1) is 5.11 Å². The number of benzene rings is 2. The molecule has 5 atom stereocenters. The maximum atomic E-state index is 12.9. The molecule has 2 aromatic heterocycles. The van der Waals surface area contributed by atoms with Gasteiger partial charge in [0.1, 0.15) is 23.8 Å². The molecule has 4 heterocycles. The Morgan fingerprint density at radius 2 is 1.84 bits per heavy atom. The van der Waals surface area contributed by atoms with Crippen LogP contribution in [-0.2, 0) is 20.7 Å². The van der Waals surface area contributed by atoms with Crippen LogP contribution in [0.4, 0.5) is 5.82 Å². The van der Waals surface area contributed by atoms with Crippen molar-refractivity contribution in [3.63, 3.8) is 0 Å². The zero-order valence-electron chi connectivity index (χ0n) is 23.1. The number of aliphatic imine (C=N–C) groups is 1. The number of carboxylic acid groups (broad SMARTS) is 2. The van der Waals surface area contributed by atoms with E-state index >= 15 is 0 Å². The van der Waals surface area contributed by atoms with E-state index in [9.17, 15) is 30.0 Å². The Hall–Kier alpha value is -4.87. The van der Waals surface area contributed by atoms with E-state index in [1.54, 1.807) is 42.5 Å². The summed E-state index contributed by atoms with van der Waals surface area (Å²) in [5, 5.41) is 49.3. The maximum absolute atomic E-state index is 12.9. The molecule has 4 aromatic rings. The van der Waals surface area contributed by atoms with E-state index in [-0.39, 0.29) is 46.8 Å². The lowest BCUT2D eigenvalue weighted by atomic mass is 9.91. The van der Waals surface area contributed by atoms with Crippen LogP contribution in [0.1, 0.15) is 22.1 Å². The van der Waals surface area contributed by atoms with Crippen LogP contribution in [-0.4, -0.2) is 94.9 Å². The molecule has 1 unspecified atom stereocenters. The number of azo groups is 1. The highest BCUT2D eigenvalue weighted by atomic mass is 35.5. The number of rotatable bonds is 10. The van der Waals surface area contributed by atoms with Crippen LogP contribution in [0.15, 0.2) is 70.1 Å². The SMILES string of the molecule is Nc1nc(Cl)nc2c1ncn2[C@@H]1O[C@H](COC(Cc2ccc(-c3ccccc3C(=O)O)cc2)(C(=O)O)C2=NCN=N2)[C@@H](O)[C@H]1O. The predicted octanol–water partition coefficient (Wildman–Crippen LogP) is 1.95. The number of aliphatic hydroxyl groups excluding tert-OH is 2. The summed E-state index contributed by atoms with van der Waals surface area (Å²) in [5.74, 6) is -2.69. The Balaban J connectivity index is 1.26. The molecule has 2 aromatic carbocycles. The van der Waals surface area contributed by atoms with Crippen LogP contribution >= 0.6 is 11.6 Å². The number of imidazole rings is 1. The molecule has 2 aliphatic rings. The van der Waals surface area contributed by atoms with Gasteiger partial charge in [0.25, 0.3) is 0 Å². The molecule has 2 aliphatic heterocycles. The minimum atomic E-state index is -2.15. The highest BCUT2D eigenvalue weighted by Gasteiger charge is 2.50. The van der Waals surface area contributed by atoms with Crippen LogP contribution in [0.2, 0.25) is 5.28 Å². The molecule has 17 heteroatoms. The fourth-order valence-electron chi connectivity index (χ4n) is 5.29. The average Bonchev–Trinajstić information content (AvgIpc) is 3.77. The molecule has 6 N–H and O–H groups in total. The number of anilines is 1. The molecule has 0 saturated carbocycles. The monoisotopic (exact) mass is 636 g/mol. The lowest BCUT2D eigenvalue weighted by Crippen LogP contribution is -2.52. The number of amidine groups is 1. The van der Waals surface area contributed by atoms with E-state index in [0.29, 0.717) is 16.7 Å². The minimum absolute atomic E-state index is 0.00791. The summed E-state index contributed by atoms with van der Waals surface area (Å²) in [6.45, 7) is -0.590. The molecule has 0 bridgehead atoms. The zero-order chi connectivity index (χ0) is 31.9. The van der Waals surface area contributed by atoms with E-state index in [2.05, 4.69) is 30.2 Å². The lowest BCUT2D eigenvalue weighted by Gasteiger charge is -2.29. The lowest BCUT2D eigenvalue weighted by molar-refractivity contribution is -0.162. The van der Waals surface area contributed by atoms with Crippen molar-refractivity contribution in [1.29, 1.82) is 0 Å². The first-order chi connectivity index (χ1) is 21.6. The summed E-state index contributed by atoms with van der Waals surface area (Å²) >= 11 is 5.95. The standard InChI is InChI=1S/C28H25ClN8O8/c29-27-34-21(30)18-22(35-27)37(12-32-18)23-20(39)19(38)17(45-23)10-44-28(26(42)43,25-31-11-33-36-25)9-13-5-7-14(8-6-13)15-3-1-2-4-16(15)24(40)41/h1-8,12,17,19-20,23,38-39H,9-11H2,(H,40,41)(H,42,43)(H2,30,34,35)/t17-,19-,20-,23-,28?/m1/s1. The first-order valence-electron chi connectivity index (χ1n) is 13.5. The van der Waals surface area contributed by atoms with Crippen LogP contribution in [0, 0.1) is 0 Å². The summed E-state index contributed by atoms with van der Waals surface area (Å²) < 4.78 is 13.2. The smallest absolute Gasteiger partial charge is 0.344 e. The second kappa shape index (κ2) is 11.9. The number of carbonyl (C=O) groups is 2. The van der Waals surface area contributed by atoms with E-state index in [0.717, 1.165) is 0 Å². The highest BCUT2D eigenvalue weighted by Crippen LogP contribution is 2.34. The van der Waals surface area contributed by atoms with Gasteiger partial charge < -0.3 is 35.6 Å². The average molecular weight is 637 g/mol. The van der Waals surface area contributed by atoms with Crippen molar-refractivity contribution < 1.29 is 39.5 Å². The fraction of sp³-hybridized carbons (Fsp3) is 0.286. The Labute approximate surface area is 258 Å². The summed E-state index contributed by atoms with van der Waals surface area (Å²) in [5.41, 5.74) is 5.81. The van der Waals surface area contributed by atoms with Crippen molar-refractivity contribution in [1.82, 2.24) is 19.5 Å². The summed E-state index contributed by atoms with van der Waals surface area (Å²) in [7, 11) is 0. The van der Waals surface area contributed by atoms with Crippen molar-refractivity contribution in [2.24, 2.45) is 15.2 Å². The van der Waals surface area contributed by atoms with Crippen LogP contribution in [0.5, 0.6) is 0 Å². The number of aromatic carboxylic acids is 1. The number of carboxylic acids is 2. The summed E-state index contributed by atoms with van der Waals surface area (Å²) in [6, 6.07) is 13.1. The number of aliphatic hydroxyl groups is 2. The molecule has 0 spiro atoms. The van der Waals surface area contributed by atoms with Crippen LogP contribution < -0.4 is 5.73 Å². The van der Waals surface area contributed by atoms with E-state index in [1.807, 2.05) is 0 Å². The van der Waals surface area contributed by atoms with Gasteiger partial charge in [-0.3, -0.25) is 4.57 Å². The maximum Gasteiger partial charge on any atom is 0.344 e. The van der Waals surface area contributed by atoms with Crippen molar-refractivity contribution in [3.05, 3.63) is 71.3 Å². The number of nitrogens with two attached hydrogens (primary N) is 1. The van der Waals surface area contributed by atoms with Gasteiger partial charge >= 0.3 is 11.9 Å². The van der Waals surface area contributed by atoms with Gasteiger partial charge in [-0.25, -0.2) is 19.6 Å². The third kappa shape index (κ3) is 5.49. The van der Waals surface area contributed by atoms with Crippen molar-refractivity contribution >= 4 is 46.4 Å². The first-order valence-corrected chi connectivity index (χ1v) is 13.9. The molecule has 1 fully saturated rings. The number of nitrogens with zero attached hydrogens (tertiary/aromatic N) is 7. The molecule has 0 amide bonds. The normalized spacial score (nSPS) is 22.4. The molecule has 0 aliphatic carbocycles. The number of hydrogen-bond acceptors (Lipinski definition) is 13. The number of fused-ring (bicyclic) bond motifs is 1. The zero-order valence-corrected chi connectivity index (χ0v) is 23.9. The quantitative estimate of drug-likeness (QED) is 0.157. The molecular weight excluding hydrogens is 612 g/mol. The number of hydrogen-bond donors (Lipinski definition) is 5. The second-order valence-corrected chi connectivity index (χ2v) is 10.6. The topological polar surface area (TPSA) is 240 Å². The first kappa shape index (κ1) is 30.2. The van der Waals surface area contributed by atoms with Gasteiger partial charge in [0.15, 0.2) is 30.2 Å². The Kier molecular flexibility index (Phi) is 7.98. The third-order valence-electron chi connectivity index (χ3n) is 7.56. The Bertz CT molecular complexity index is 1850. The van der Waals surface area contributed by atoms with Crippen molar-refractivity contribution in [2.45, 2.75) is 36.6 Å². The largest absolute Gasteiger partial charge is 0.479 e. The Morgan fingerprint density at radius 3 is 2.53 bits per heavy atom. The van der Waals surface area contributed by atoms with Gasteiger partial charge in [-0.2, -0.15) is 15.1 Å². The van der Waals surface area contributed by atoms with Crippen molar-refractivity contribution in [3.8, 4) is 11.1 Å². The van der Waals surface area contributed by atoms with Crippen molar-refractivity contribution in [2.75, 3.05) is 19.0 Å². The minimum Gasteiger partial charge on any atom is -0.479 e. The number of nitrogen functional groups attached to an aromatic ring is 1. The summed E-state index contributed by atoms with van der Waals surface area (Å²) in [6.07, 6.45) is -4.36. The predicted molar refractivity (Wildman–Crippen MR) is 157 cm³/mol.